The van der Waals surface area contributed by atoms with Crippen LogP contribution >= 0.6 is 15.9 Å². The van der Waals surface area contributed by atoms with E-state index in [-0.39, 0.29) is 5.91 Å². The summed E-state index contributed by atoms with van der Waals surface area (Å²) < 4.78 is 13.0. The number of rotatable bonds is 5. The highest BCUT2D eigenvalue weighted by atomic mass is 79.9. The van der Waals surface area contributed by atoms with Gasteiger partial charge in [-0.2, -0.15) is 5.10 Å². The normalized spacial score (nSPS) is 11.1. The van der Waals surface area contributed by atoms with E-state index in [0.29, 0.717) is 34.1 Å². The van der Waals surface area contributed by atoms with Crippen LogP contribution in [-0.2, 0) is 0 Å². The van der Waals surface area contributed by atoms with Gasteiger partial charge in [0.25, 0.3) is 5.91 Å². The van der Waals surface area contributed by atoms with Crippen LogP contribution in [-0.4, -0.2) is 35.7 Å². The summed E-state index contributed by atoms with van der Waals surface area (Å²) in [6.07, 6.45) is 3.31. The van der Waals surface area contributed by atoms with E-state index in [4.69, 9.17) is 9.47 Å². The minimum Gasteiger partial charge on any atom is -0.497 e. The highest BCUT2D eigenvalue weighted by molar-refractivity contribution is 9.10. The number of aromatic nitrogens is 2. The molecule has 0 fully saturated rings. The van der Waals surface area contributed by atoms with Crippen molar-refractivity contribution >= 4 is 33.7 Å². The number of carbonyl (C=O) groups is 1. The zero-order valence-corrected chi connectivity index (χ0v) is 16.1. The van der Waals surface area contributed by atoms with Gasteiger partial charge >= 0.3 is 0 Å². The van der Waals surface area contributed by atoms with Gasteiger partial charge in [0.05, 0.1) is 26.1 Å². The van der Waals surface area contributed by atoms with Gasteiger partial charge in [0, 0.05) is 22.3 Å². The fourth-order valence-electron chi connectivity index (χ4n) is 2.55. The zero-order chi connectivity index (χ0) is 18.7. The molecule has 0 spiro atoms. The summed E-state index contributed by atoms with van der Waals surface area (Å²) in [7, 11) is 3.14. The summed E-state index contributed by atoms with van der Waals surface area (Å²) in [5.41, 5.74) is 4.99. The van der Waals surface area contributed by atoms with Crippen molar-refractivity contribution in [3.63, 3.8) is 0 Å². The maximum Gasteiger partial charge on any atom is 0.290 e. The van der Waals surface area contributed by atoms with Crippen molar-refractivity contribution < 1.29 is 14.3 Å². The number of hydrazone groups is 1. The van der Waals surface area contributed by atoms with Gasteiger partial charge in [-0.05, 0) is 47.1 Å². The van der Waals surface area contributed by atoms with Crippen molar-refractivity contribution in [1.82, 2.24) is 14.8 Å². The first-order valence-electron chi connectivity index (χ1n) is 7.73. The Balaban J connectivity index is 1.82. The number of halogens is 1. The lowest BCUT2D eigenvalue weighted by atomic mass is 10.2. The highest BCUT2D eigenvalue weighted by Gasteiger charge is 2.16. The molecule has 1 amide bonds. The summed E-state index contributed by atoms with van der Waals surface area (Å²) in [5, 5.41) is 4.03. The number of pyridine rings is 1. The molecule has 0 saturated heterocycles. The van der Waals surface area contributed by atoms with E-state index < -0.39 is 0 Å². The SMILES string of the molecule is COc1ccc(/C=N\NC(=O)c2c(C)nc3ccc(Br)cn23)c(OC)c1. The van der Waals surface area contributed by atoms with Crippen LogP contribution in [0.15, 0.2) is 46.1 Å². The number of ether oxygens (including phenoxy) is 2. The Morgan fingerprint density at radius 1 is 1.27 bits per heavy atom. The van der Waals surface area contributed by atoms with E-state index in [0.717, 1.165) is 4.47 Å². The number of benzene rings is 1. The van der Waals surface area contributed by atoms with Gasteiger partial charge < -0.3 is 9.47 Å². The molecule has 0 aliphatic heterocycles. The van der Waals surface area contributed by atoms with Crippen LogP contribution in [0.2, 0.25) is 0 Å². The Labute approximate surface area is 158 Å². The van der Waals surface area contributed by atoms with Gasteiger partial charge in [0.15, 0.2) is 0 Å². The van der Waals surface area contributed by atoms with Crippen LogP contribution in [0.25, 0.3) is 5.65 Å². The number of aryl methyl sites for hydroxylation is 1. The average molecular weight is 417 g/mol. The lowest BCUT2D eigenvalue weighted by molar-refractivity contribution is 0.0948. The van der Waals surface area contributed by atoms with Crippen LogP contribution in [0.1, 0.15) is 21.7 Å². The van der Waals surface area contributed by atoms with E-state index in [1.54, 1.807) is 49.9 Å². The maximum atomic E-state index is 12.5. The number of fused-ring (bicyclic) bond motifs is 1. The Morgan fingerprint density at radius 3 is 2.81 bits per heavy atom. The molecule has 0 aliphatic carbocycles. The van der Waals surface area contributed by atoms with Gasteiger partial charge in [-0.25, -0.2) is 10.4 Å². The van der Waals surface area contributed by atoms with E-state index >= 15 is 0 Å². The van der Waals surface area contributed by atoms with Crippen molar-refractivity contribution in [1.29, 1.82) is 0 Å². The number of hydrogen-bond acceptors (Lipinski definition) is 5. The molecule has 0 atom stereocenters. The van der Waals surface area contributed by atoms with E-state index in [1.165, 1.54) is 6.21 Å². The zero-order valence-electron chi connectivity index (χ0n) is 14.5. The number of imidazole rings is 1. The Hall–Kier alpha value is -2.87. The summed E-state index contributed by atoms with van der Waals surface area (Å²) in [6.45, 7) is 1.78. The summed E-state index contributed by atoms with van der Waals surface area (Å²) >= 11 is 3.40. The molecule has 26 heavy (non-hydrogen) atoms. The summed E-state index contributed by atoms with van der Waals surface area (Å²) in [5.74, 6) is 0.920. The van der Waals surface area contributed by atoms with E-state index in [2.05, 4.69) is 31.4 Å². The fraction of sp³-hybridized carbons (Fsp3) is 0.167. The number of hydrogen-bond donors (Lipinski definition) is 1. The fourth-order valence-corrected chi connectivity index (χ4v) is 2.89. The van der Waals surface area contributed by atoms with Crippen molar-refractivity contribution in [2.45, 2.75) is 6.92 Å². The molecule has 7 nitrogen and oxygen atoms in total. The number of methoxy groups -OCH3 is 2. The monoisotopic (exact) mass is 416 g/mol. The molecule has 0 unspecified atom stereocenters. The van der Waals surface area contributed by atoms with Gasteiger partial charge in [0.1, 0.15) is 22.8 Å². The Morgan fingerprint density at radius 2 is 2.08 bits per heavy atom. The van der Waals surface area contributed by atoms with Crippen LogP contribution < -0.4 is 14.9 Å². The van der Waals surface area contributed by atoms with Crippen molar-refractivity contribution in [2.24, 2.45) is 5.10 Å². The topological polar surface area (TPSA) is 77.2 Å². The molecule has 1 aromatic carbocycles. The Kier molecular flexibility index (Phi) is 5.22. The number of nitrogens with one attached hydrogen (secondary N) is 1. The molecule has 1 N–H and O–H groups in total. The van der Waals surface area contributed by atoms with Gasteiger partial charge in [-0.15, -0.1) is 0 Å². The quantitative estimate of drug-likeness (QED) is 0.511. The second-order valence-corrected chi connectivity index (χ2v) is 6.34. The predicted octanol–water partition coefficient (Wildman–Crippen LogP) is 3.19. The molecule has 8 heteroatoms. The highest BCUT2D eigenvalue weighted by Crippen LogP contribution is 2.23. The predicted molar refractivity (Wildman–Crippen MR) is 102 cm³/mol. The van der Waals surface area contributed by atoms with Gasteiger partial charge in [-0.3, -0.25) is 9.20 Å². The largest absolute Gasteiger partial charge is 0.497 e. The van der Waals surface area contributed by atoms with Crippen molar-refractivity contribution in [3.05, 3.63) is 58.0 Å². The van der Waals surface area contributed by atoms with Crippen LogP contribution in [0.5, 0.6) is 11.5 Å². The molecule has 0 saturated carbocycles. The first kappa shape index (κ1) is 17.9. The van der Waals surface area contributed by atoms with Crippen molar-refractivity contribution in [2.75, 3.05) is 14.2 Å². The molecule has 134 valence electrons. The lowest BCUT2D eigenvalue weighted by Crippen LogP contribution is -2.20. The third kappa shape index (κ3) is 3.55. The molecule has 3 rings (SSSR count). The first-order valence-corrected chi connectivity index (χ1v) is 8.52. The molecule has 0 bridgehead atoms. The number of amides is 1. The summed E-state index contributed by atoms with van der Waals surface area (Å²) in [6, 6.07) is 9.04. The molecule has 0 aliphatic rings. The lowest BCUT2D eigenvalue weighted by Gasteiger charge is -2.07. The van der Waals surface area contributed by atoms with Crippen LogP contribution in [0.3, 0.4) is 0 Å². The van der Waals surface area contributed by atoms with E-state index in [1.807, 2.05) is 12.1 Å². The van der Waals surface area contributed by atoms with E-state index in [9.17, 15) is 4.79 Å². The summed E-state index contributed by atoms with van der Waals surface area (Å²) in [4.78, 5) is 16.9. The molecule has 2 heterocycles. The second-order valence-electron chi connectivity index (χ2n) is 5.43. The number of carbonyl (C=O) groups excluding carboxylic acids is 1. The Bertz CT molecular complexity index is 998. The molecular formula is C18H17BrN4O3. The standard InChI is InChI=1S/C18H17BrN4O3/c1-11-17(23-10-13(19)5-7-16(23)21-11)18(24)22-20-9-12-4-6-14(25-2)8-15(12)26-3/h4-10H,1-3H3,(H,22,24)/b20-9-. The average Bonchev–Trinajstić information content (AvgIpc) is 2.96. The number of nitrogens with zero attached hydrogens (tertiary/aromatic N) is 3. The van der Waals surface area contributed by atoms with Crippen LogP contribution in [0, 0.1) is 6.92 Å². The first-order chi connectivity index (χ1) is 12.5. The third-order valence-electron chi connectivity index (χ3n) is 3.78. The minimum atomic E-state index is -0.350. The second kappa shape index (κ2) is 7.57. The molecule has 2 aromatic heterocycles. The van der Waals surface area contributed by atoms with Gasteiger partial charge in [-0.1, -0.05) is 0 Å². The third-order valence-corrected chi connectivity index (χ3v) is 4.25. The van der Waals surface area contributed by atoms with Crippen LogP contribution in [0.4, 0.5) is 0 Å². The molecule has 3 aromatic rings. The maximum absolute atomic E-state index is 12.5. The van der Waals surface area contributed by atoms with Crippen molar-refractivity contribution in [3.8, 4) is 11.5 Å². The van der Waals surface area contributed by atoms with Gasteiger partial charge in [0.2, 0.25) is 0 Å². The minimum absolute atomic E-state index is 0.350. The molecule has 0 radical (unpaired) electrons. The molecular weight excluding hydrogens is 400 g/mol. The smallest absolute Gasteiger partial charge is 0.290 e.